The second-order valence-corrected chi connectivity index (χ2v) is 5.47. The van der Waals surface area contributed by atoms with E-state index in [0.29, 0.717) is 29.3 Å². The molecule has 1 aromatic rings. The predicted octanol–water partition coefficient (Wildman–Crippen LogP) is 0.471. The summed E-state index contributed by atoms with van der Waals surface area (Å²) in [7, 11) is -0.870. The maximum absolute atomic E-state index is 11.7. The fourth-order valence-corrected chi connectivity index (χ4v) is 1.91. The summed E-state index contributed by atoms with van der Waals surface area (Å²) in [6.07, 6.45) is 1.46. The van der Waals surface area contributed by atoms with Crippen LogP contribution in [-0.2, 0) is 10.8 Å². The van der Waals surface area contributed by atoms with Gasteiger partial charge in [0.15, 0.2) is 0 Å². The molecule has 6 heteroatoms. The summed E-state index contributed by atoms with van der Waals surface area (Å²) in [6, 6.07) is 1.65. The van der Waals surface area contributed by atoms with E-state index >= 15 is 0 Å². The van der Waals surface area contributed by atoms with Gasteiger partial charge in [-0.1, -0.05) is 6.92 Å². The largest absolute Gasteiger partial charge is 0.398 e. The fraction of sp³-hybridized carbons (Fsp3) is 0.455. The minimum atomic E-state index is -0.870. The van der Waals surface area contributed by atoms with E-state index in [1.54, 1.807) is 6.07 Å². The second kappa shape index (κ2) is 6.34. The van der Waals surface area contributed by atoms with Crippen molar-refractivity contribution in [3.05, 3.63) is 23.5 Å². The Morgan fingerprint density at radius 1 is 1.59 bits per heavy atom. The number of aryl methyl sites for hydroxylation is 1. The van der Waals surface area contributed by atoms with Gasteiger partial charge in [-0.15, -0.1) is 0 Å². The smallest absolute Gasteiger partial charge is 0.254 e. The van der Waals surface area contributed by atoms with Gasteiger partial charge in [-0.05, 0) is 13.0 Å². The molecule has 0 saturated heterocycles. The lowest BCUT2D eigenvalue weighted by Gasteiger charge is -2.07. The third-order valence-corrected chi connectivity index (χ3v) is 3.56. The van der Waals surface area contributed by atoms with Gasteiger partial charge < -0.3 is 11.1 Å². The number of hydrogen-bond donors (Lipinski definition) is 2. The van der Waals surface area contributed by atoms with Crippen molar-refractivity contribution in [1.29, 1.82) is 0 Å². The highest BCUT2D eigenvalue weighted by molar-refractivity contribution is 7.84. The van der Waals surface area contributed by atoms with Gasteiger partial charge in [0.1, 0.15) is 0 Å². The van der Waals surface area contributed by atoms with Gasteiger partial charge in [0.25, 0.3) is 5.91 Å². The molecule has 1 atom stereocenters. The van der Waals surface area contributed by atoms with Crippen LogP contribution < -0.4 is 11.1 Å². The van der Waals surface area contributed by atoms with Crippen LogP contribution in [0.1, 0.15) is 23.0 Å². The molecule has 1 aromatic heterocycles. The zero-order chi connectivity index (χ0) is 12.8. The fourth-order valence-electron chi connectivity index (χ4n) is 1.29. The first-order valence-corrected chi connectivity index (χ1v) is 6.88. The number of anilines is 1. The molecule has 17 heavy (non-hydrogen) atoms. The third-order valence-electron chi connectivity index (χ3n) is 2.25. The summed E-state index contributed by atoms with van der Waals surface area (Å²) in [5.41, 5.74) is 7.26. The van der Waals surface area contributed by atoms with E-state index in [4.69, 9.17) is 5.73 Å². The number of pyridine rings is 1. The van der Waals surface area contributed by atoms with E-state index in [2.05, 4.69) is 10.3 Å². The molecule has 5 nitrogen and oxygen atoms in total. The van der Waals surface area contributed by atoms with Crippen molar-refractivity contribution in [2.24, 2.45) is 0 Å². The number of carbonyl (C=O) groups is 1. The zero-order valence-corrected chi connectivity index (χ0v) is 10.8. The van der Waals surface area contributed by atoms with Crippen LogP contribution in [0, 0.1) is 6.92 Å². The topological polar surface area (TPSA) is 85.1 Å². The van der Waals surface area contributed by atoms with Crippen molar-refractivity contribution in [1.82, 2.24) is 10.3 Å². The number of nitrogens with one attached hydrogen (secondary N) is 1. The van der Waals surface area contributed by atoms with Crippen molar-refractivity contribution in [2.75, 3.05) is 23.8 Å². The van der Waals surface area contributed by atoms with Crippen molar-refractivity contribution >= 4 is 22.4 Å². The van der Waals surface area contributed by atoms with Crippen molar-refractivity contribution < 1.29 is 9.00 Å². The second-order valence-electron chi connectivity index (χ2n) is 3.60. The quantitative estimate of drug-likeness (QED) is 0.801. The molecule has 1 rings (SSSR count). The summed E-state index contributed by atoms with van der Waals surface area (Å²) in [4.78, 5) is 15.7. The highest BCUT2D eigenvalue weighted by Crippen LogP contribution is 2.10. The number of hydrogen-bond acceptors (Lipinski definition) is 4. The number of nitrogens with two attached hydrogens (primary N) is 1. The maximum Gasteiger partial charge on any atom is 0.254 e. The van der Waals surface area contributed by atoms with Gasteiger partial charge in [0.2, 0.25) is 0 Å². The first-order valence-electron chi connectivity index (χ1n) is 5.40. The lowest BCUT2D eigenvalue weighted by Crippen LogP contribution is -2.28. The Labute approximate surface area is 103 Å². The van der Waals surface area contributed by atoms with Crippen LogP contribution in [0.15, 0.2) is 12.3 Å². The summed E-state index contributed by atoms with van der Waals surface area (Å²) in [5.74, 6) is 0.786. The number of aromatic nitrogens is 1. The molecule has 0 aliphatic heterocycles. The number of rotatable bonds is 5. The molecule has 0 fully saturated rings. The molecule has 94 valence electrons. The molecule has 0 saturated carbocycles. The van der Waals surface area contributed by atoms with E-state index in [-0.39, 0.29) is 5.91 Å². The van der Waals surface area contributed by atoms with Crippen molar-refractivity contribution in [3.63, 3.8) is 0 Å². The summed E-state index contributed by atoms with van der Waals surface area (Å²) in [5, 5.41) is 2.67. The Morgan fingerprint density at radius 2 is 2.29 bits per heavy atom. The first kappa shape index (κ1) is 13.6. The molecule has 1 unspecified atom stereocenters. The number of nitrogens with zero attached hydrogens (tertiary/aromatic N) is 1. The van der Waals surface area contributed by atoms with Crippen LogP contribution in [0.3, 0.4) is 0 Å². The molecule has 0 radical (unpaired) electrons. The van der Waals surface area contributed by atoms with Crippen LogP contribution in [0.5, 0.6) is 0 Å². The molecule has 1 amide bonds. The Morgan fingerprint density at radius 3 is 2.88 bits per heavy atom. The molecular weight excluding hydrogens is 238 g/mol. The molecule has 0 aliphatic rings. The van der Waals surface area contributed by atoms with E-state index in [0.717, 1.165) is 5.69 Å². The molecular formula is C11H17N3O2S. The van der Waals surface area contributed by atoms with Crippen LogP contribution in [-0.4, -0.2) is 33.2 Å². The standard InChI is InChI=1S/C11H17N3O2S/c1-3-17(16)5-4-13-11(15)9-7-14-8(2)6-10(9)12/h6-7H,3-5H2,1-2H3,(H2,12,14)(H,13,15). The van der Waals surface area contributed by atoms with Crippen LogP contribution >= 0.6 is 0 Å². The van der Waals surface area contributed by atoms with Gasteiger partial charge in [-0.2, -0.15) is 0 Å². The van der Waals surface area contributed by atoms with Gasteiger partial charge in [-0.3, -0.25) is 14.0 Å². The Bertz CT molecular complexity index is 435. The average molecular weight is 255 g/mol. The van der Waals surface area contributed by atoms with Crippen LogP contribution in [0.4, 0.5) is 5.69 Å². The lowest BCUT2D eigenvalue weighted by molar-refractivity contribution is 0.0956. The molecule has 0 aromatic carbocycles. The molecule has 0 bridgehead atoms. The maximum atomic E-state index is 11.7. The Balaban J connectivity index is 2.55. The average Bonchev–Trinajstić information content (AvgIpc) is 2.28. The molecule has 0 spiro atoms. The van der Waals surface area contributed by atoms with Crippen molar-refractivity contribution in [2.45, 2.75) is 13.8 Å². The first-order chi connectivity index (χ1) is 8.04. The molecule has 3 N–H and O–H groups in total. The summed E-state index contributed by atoms with van der Waals surface area (Å²) < 4.78 is 11.2. The minimum Gasteiger partial charge on any atom is -0.398 e. The zero-order valence-electron chi connectivity index (χ0n) is 10.0. The summed E-state index contributed by atoms with van der Waals surface area (Å²) in [6.45, 7) is 4.04. The van der Waals surface area contributed by atoms with E-state index in [1.807, 2.05) is 13.8 Å². The summed E-state index contributed by atoms with van der Waals surface area (Å²) >= 11 is 0. The Hall–Kier alpha value is -1.43. The number of amides is 1. The highest BCUT2D eigenvalue weighted by Gasteiger charge is 2.10. The number of nitrogen functional groups attached to an aromatic ring is 1. The third kappa shape index (κ3) is 4.14. The van der Waals surface area contributed by atoms with E-state index in [1.165, 1.54) is 6.20 Å². The molecule has 0 aliphatic carbocycles. The van der Waals surface area contributed by atoms with Gasteiger partial charge >= 0.3 is 0 Å². The van der Waals surface area contributed by atoms with Crippen LogP contribution in [0.25, 0.3) is 0 Å². The van der Waals surface area contributed by atoms with Crippen molar-refractivity contribution in [3.8, 4) is 0 Å². The lowest BCUT2D eigenvalue weighted by atomic mass is 10.2. The predicted molar refractivity (Wildman–Crippen MR) is 69.3 cm³/mol. The normalized spacial score (nSPS) is 12.1. The molecule has 1 heterocycles. The van der Waals surface area contributed by atoms with E-state index < -0.39 is 10.8 Å². The minimum absolute atomic E-state index is 0.275. The van der Waals surface area contributed by atoms with Gasteiger partial charge in [-0.25, -0.2) is 0 Å². The SMILES string of the molecule is CCS(=O)CCNC(=O)c1cnc(C)cc1N. The van der Waals surface area contributed by atoms with Crippen LogP contribution in [0.2, 0.25) is 0 Å². The Kier molecular flexibility index (Phi) is 5.09. The number of carbonyl (C=O) groups excluding carboxylic acids is 1. The monoisotopic (exact) mass is 255 g/mol. The van der Waals surface area contributed by atoms with E-state index in [9.17, 15) is 9.00 Å². The highest BCUT2D eigenvalue weighted by atomic mass is 32.2. The van der Waals surface area contributed by atoms with Gasteiger partial charge in [0, 0.05) is 46.4 Å². The van der Waals surface area contributed by atoms with Gasteiger partial charge in [0.05, 0.1) is 5.56 Å².